The molecule has 2 aromatic rings. The smallest absolute Gasteiger partial charge is 0.243 e. The van der Waals surface area contributed by atoms with Gasteiger partial charge >= 0.3 is 0 Å². The van der Waals surface area contributed by atoms with E-state index in [9.17, 15) is 8.42 Å². The van der Waals surface area contributed by atoms with Gasteiger partial charge in [0.15, 0.2) is 0 Å². The Bertz CT molecular complexity index is 831. The maximum atomic E-state index is 12.8. The van der Waals surface area contributed by atoms with Crippen molar-refractivity contribution in [3.8, 4) is 11.5 Å². The predicted octanol–water partition coefficient (Wildman–Crippen LogP) is 3.36. The summed E-state index contributed by atoms with van der Waals surface area (Å²) in [7, 11) is -1.79. The number of nitrogens with zero attached hydrogens (tertiary/aromatic N) is 1. The van der Waals surface area contributed by atoms with Crippen LogP contribution in [0.1, 0.15) is 19.3 Å². The van der Waals surface area contributed by atoms with E-state index in [1.807, 2.05) is 30.3 Å². The quantitative estimate of drug-likeness (QED) is 0.700. The van der Waals surface area contributed by atoms with Gasteiger partial charge < -0.3 is 14.8 Å². The Kier molecular flexibility index (Phi) is 6.58. The van der Waals surface area contributed by atoms with E-state index in [-0.39, 0.29) is 0 Å². The summed E-state index contributed by atoms with van der Waals surface area (Å²) in [5.74, 6) is 1.55. The minimum absolute atomic E-state index is 0.338. The topological polar surface area (TPSA) is 67.9 Å². The van der Waals surface area contributed by atoms with Gasteiger partial charge in [-0.25, -0.2) is 8.42 Å². The largest absolute Gasteiger partial charge is 0.497 e. The molecule has 6 nitrogen and oxygen atoms in total. The Labute approximate surface area is 161 Å². The van der Waals surface area contributed by atoms with Crippen molar-refractivity contribution in [3.63, 3.8) is 0 Å². The van der Waals surface area contributed by atoms with Crippen molar-refractivity contribution < 1.29 is 17.9 Å². The first-order chi connectivity index (χ1) is 13.1. The highest BCUT2D eigenvalue weighted by Gasteiger charge is 2.25. The summed E-state index contributed by atoms with van der Waals surface area (Å²) in [6, 6.07) is 14.4. The van der Waals surface area contributed by atoms with Crippen LogP contribution in [0, 0.1) is 0 Å². The normalized spacial score (nSPS) is 15.3. The van der Waals surface area contributed by atoms with Gasteiger partial charge in [-0.1, -0.05) is 12.5 Å². The molecule has 0 saturated carbocycles. The summed E-state index contributed by atoms with van der Waals surface area (Å²) < 4.78 is 37.9. The van der Waals surface area contributed by atoms with Crippen LogP contribution in [0.15, 0.2) is 53.4 Å². The Morgan fingerprint density at radius 2 is 1.70 bits per heavy atom. The van der Waals surface area contributed by atoms with Crippen LogP contribution in [0.25, 0.3) is 0 Å². The van der Waals surface area contributed by atoms with Crippen LogP contribution in [0.4, 0.5) is 5.69 Å². The molecule has 0 unspecified atom stereocenters. The molecule has 0 radical (unpaired) electrons. The minimum atomic E-state index is -3.41. The van der Waals surface area contributed by atoms with E-state index in [0.717, 1.165) is 36.4 Å². The Hall–Kier alpha value is -2.25. The minimum Gasteiger partial charge on any atom is -0.497 e. The molecule has 0 atom stereocenters. The van der Waals surface area contributed by atoms with Gasteiger partial charge in [0.1, 0.15) is 18.1 Å². The highest BCUT2D eigenvalue weighted by molar-refractivity contribution is 7.89. The van der Waals surface area contributed by atoms with Gasteiger partial charge in [0.2, 0.25) is 10.0 Å². The van der Waals surface area contributed by atoms with Crippen LogP contribution in [0.3, 0.4) is 0 Å². The van der Waals surface area contributed by atoms with Crippen molar-refractivity contribution in [2.24, 2.45) is 0 Å². The highest BCUT2D eigenvalue weighted by atomic mass is 32.2. The molecule has 0 aliphatic carbocycles. The number of hydrogen-bond acceptors (Lipinski definition) is 5. The number of methoxy groups -OCH3 is 1. The van der Waals surface area contributed by atoms with Crippen molar-refractivity contribution in [3.05, 3.63) is 48.5 Å². The summed E-state index contributed by atoms with van der Waals surface area (Å²) in [6.45, 7) is 2.25. The van der Waals surface area contributed by atoms with E-state index in [0.29, 0.717) is 31.1 Å². The van der Waals surface area contributed by atoms with Crippen molar-refractivity contribution in [1.82, 2.24) is 4.31 Å². The standard InChI is InChI=1S/C20H26N2O4S/c1-25-18-8-10-19(11-9-18)26-15-12-21-17-6-5-7-20(16-17)27(23,24)22-13-3-2-4-14-22/h5-11,16,21H,2-4,12-15H2,1H3. The van der Waals surface area contributed by atoms with Crippen LogP contribution in [0.2, 0.25) is 0 Å². The van der Waals surface area contributed by atoms with Gasteiger partial charge in [-0.3, -0.25) is 0 Å². The van der Waals surface area contributed by atoms with E-state index in [4.69, 9.17) is 9.47 Å². The van der Waals surface area contributed by atoms with Gasteiger partial charge in [-0.05, 0) is 55.3 Å². The van der Waals surface area contributed by atoms with Crippen molar-refractivity contribution >= 4 is 15.7 Å². The third kappa shape index (κ3) is 5.14. The second-order valence-electron chi connectivity index (χ2n) is 6.44. The molecule has 0 bridgehead atoms. The molecule has 1 aliphatic rings. The van der Waals surface area contributed by atoms with Crippen LogP contribution in [-0.2, 0) is 10.0 Å². The molecule has 1 saturated heterocycles. The average molecular weight is 391 g/mol. The molecule has 7 heteroatoms. The van der Waals surface area contributed by atoms with Crippen molar-refractivity contribution in [2.45, 2.75) is 24.2 Å². The Balaban J connectivity index is 1.54. The van der Waals surface area contributed by atoms with E-state index in [2.05, 4.69) is 5.32 Å². The second-order valence-corrected chi connectivity index (χ2v) is 8.38. The summed E-state index contributed by atoms with van der Waals surface area (Å²) in [5, 5.41) is 3.22. The first kappa shape index (κ1) is 19.5. The molecule has 3 rings (SSSR count). The van der Waals surface area contributed by atoms with E-state index in [1.165, 1.54) is 0 Å². The van der Waals surface area contributed by atoms with Gasteiger partial charge in [-0.2, -0.15) is 4.31 Å². The van der Waals surface area contributed by atoms with Gasteiger partial charge in [-0.15, -0.1) is 0 Å². The van der Waals surface area contributed by atoms with Gasteiger partial charge in [0.05, 0.1) is 12.0 Å². The number of hydrogen-bond donors (Lipinski definition) is 1. The number of piperidine rings is 1. The van der Waals surface area contributed by atoms with Gasteiger partial charge in [0, 0.05) is 25.3 Å². The number of benzene rings is 2. The molecule has 0 aromatic heterocycles. The fraction of sp³-hybridized carbons (Fsp3) is 0.400. The zero-order valence-electron chi connectivity index (χ0n) is 15.6. The molecule has 27 heavy (non-hydrogen) atoms. The van der Waals surface area contributed by atoms with Crippen molar-refractivity contribution in [2.75, 3.05) is 38.7 Å². The average Bonchev–Trinajstić information content (AvgIpc) is 2.72. The number of ether oxygens (including phenoxy) is 2. The summed E-state index contributed by atoms with van der Waals surface area (Å²) in [4.78, 5) is 0.338. The lowest BCUT2D eigenvalue weighted by Crippen LogP contribution is -2.35. The fourth-order valence-electron chi connectivity index (χ4n) is 3.06. The summed E-state index contributed by atoms with van der Waals surface area (Å²) in [6.07, 6.45) is 2.96. The molecule has 0 amide bonds. The molecular formula is C20H26N2O4S. The highest BCUT2D eigenvalue weighted by Crippen LogP contribution is 2.23. The molecule has 146 valence electrons. The van der Waals surface area contributed by atoms with Crippen LogP contribution in [0.5, 0.6) is 11.5 Å². The molecule has 1 aliphatic heterocycles. The monoisotopic (exact) mass is 390 g/mol. The second kappa shape index (κ2) is 9.10. The van der Waals surface area contributed by atoms with Crippen LogP contribution < -0.4 is 14.8 Å². The maximum Gasteiger partial charge on any atom is 0.243 e. The fourth-order valence-corrected chi connectivity index (χ4v) is 4.62. The molecule has 0 spiro atoms. The lowest BCUT2D eigenvalue weighted by molar-refractivity contribution is 0.332. The number of anilines is 1. The predicted molar refractivity (Wildman–Crippen MR) is 106 cm³/mol. The first-order valence-corrected chi connectivity index (χ1v) is 10.6. The van der Waals surface area contributed by atoms with Crippen molar-refractivity contribution in [1.29, 1.82) is 0 Å². The summed E-state index contributed by atoms with van der Waals surface area (Å²) in [5.41, 5.74) is 0.770. The molecule has 1 fully saturated rings. The lowest BCUT2D eigenvalue weighted by Gasteiger charge is -2.26. The number of sulfonamides is 1. The van der Waals surface area contributed by atoms with E-state index in [1.54, 1.807) is 29.6 Å². The molecule has 1 N–H and O–H groups in total. The van der Waals surface area contributed by atoms with Crippen LogP contribution >= 0.6 is 0 Å². The maximum absolute atomic E-state index is 12.8. The first-order valence-electron chi connectivity index (χ1n) is 9.20. The molecule has 2 aromatic carbocycles. The third-order valence-electron chi connectivity index (χ3n) is 4.55. The molecular weight excluding hydrogens is 364 g/mol. The lowest BCUT2D eigenvalue weighted by atomic mass is 10.2. The van der Waals surface area contributed by atoms with Gasteiger partial charge in [0.25, 0.3) is 0 Å². The van der Waals surface area contributed by atoms with Crippen LogP contribution in [-0.4, -0.2) is 46.1 Å². The van der Waals surface area contributed by atoms with E-state index >= 15 is 0 Å². The Morgan fingerprint density at radius 3 is 2.41 bits per heavy atom. The Morgan fingerprint density at radius 1 is 1.00 bits per heavy atom. The molecule has 1 heterocycles. The van der Waals surface area contributed by atoms with E-state index < -0.39 is 10.0 Å². The third-order valence-corrected chi connectivity index (χ3v) is 6.44. The number of nitrogens with one attached hydrogen (secondary N) is 1. The summed E-state index contributed by atoms with van der Waals surface area (Å²) >= 11 is 0. The number of rotatable bonds is 8. The zero-order chi connectivity index (χ0) is 19.1. The zero-order valence-corrected chi connectivity index (χ0v) is 16.4. The SMILES string of the molecule is COc1ccc(OCCNc2cccc(S(=O)(=O)N3CCCCC3)c2)cc1.